The van der Waals surface area contributed by atoms with Crippen molar-refractivity contribution in [2.24, 2.45) is 0 Å². The summed E-state index contributed by atoms with van der Waals surface area (Å²) in [6, 6.07) is 16.9. The van der Waals surface area contributed by atoms with E-state index in [1.807, 2.05) is 18.2 Å². The van der Waals surface area contributed by atoms with Crippen molar-refractivity contribution >= 4 is 22.7 Å². The first kappa shape index (κ1) is 18.7. The summed E-state index contributed by atoms with van der Waals surface area (Å²) < 4.78 is 0. The fraction of sp³-hybridized carbons (Fsp3) is 0.391. The predicted molar refractivity (Wildman–Crippen MR) is 115 cm³/mol. The first-order chi connectivity index (χ1) is 13.7. The number of piperidine rings is 1. The first-order valence-corrected chi connectivity index (χ1v) is 10.2. The number of para-hydroxylation sites is 1. The second kappa shape index (κ2) is 8.57. The molecule has 0 spiro atoms. The number of aryl methyl sites for hydroxylation is 1. The molecule has 0 amide bonds. The summed E-state index contributed by atoms with van der Waals surface area (Å²) in [4.78, 5) is 11.8. The van der Waals surface area contributed by atoms with Gasteiger partial charge in [-0.05, 0) is 50.3 Å². The second-order valence-corrected chi connectivity index (χ2v) is 7.58. The van der Waals surface area contributed by atoms with E-state index in [9.17, 15) is 5.11 Å². The van der Waals surface area contributed by atoms with Crippen LogP contribution in [0.1, 0.15) is 30.4 Å². The number of anilines is 2. The van der Waals surface area contributed by atoms with E-state index in [-0.39, 0.29) is 12.6 Å². The van der Waals surface area contributed by atoms with E-state index in [1.54, 1.807) is 0 Å². The summed E-state index contributed by atoms with van der Waals surface area (Å²) in [6.45, 7) is 3.96. The van der Waals surface area contributed by atoms with Crippen LogP contribution in [-0.4, -0.2) is 40.8 Å². The van der Waals surface area contributed by atoms with Gasteiger partial charge < -0.3 is 15.3 Å². The number of nitrogens with one attached hydrogen (secondary N) is 1. The van der Waals surface area contributed by atoms with Crippen molar-refractivity contribution in [1.82, 2.24) is 9.97 Å². The van der Waals surface area contributed by atoms with Gasteiger partial charge in [0.1, 0.15) is 5.82 Å². The van der Waals surface area contributed by atoms with Crippen LogP contribution in [0.3, 0.4) is 0 Å². The quantitative estimate of drug-likeness (QED) is 0.682. The molecule has 5 heteroatoms. The zero-order chi connectivity index (χ0) is 19.3. The lowest BCUT2D eigenvalue weighted by molar-refractivity contribution is 0.239. The van der Waals surface area contributed by atoms with Crippen LogP contribution in [0.15, 0.2) is 48.5 Å². The normalized spacial score (nSPS) is 17.1. The zero-order valence-corrected chi connectivity index (χ0v) is 16.4. The highest BCUT2D eigenvalue weighted by atomic mass is 16.3. The van der Waals surface area contributed by atoms with E-state index in [0.29, 0.717) is 0 Å². The first-order valence-electron chi connectivity index (χ1n) is 10.2. The Morgan fingerprint density at radius 2 is 1.89 bits per heavy atom. The van der Waals surface area contributed by atoms with Gasteiger partial charge in [0.25, 0.3) is 0 Å². The molecule has 2 aromatic carbocycles. The van der Waals surface area contributed by atoms with Gasteiger partial charge in [-0.15, -0.1) is 0 Å². The average Bonchev–Trinajstić information content (AvgIpc) is 2.75. The van der Waals surface area contributed by atoms with Gasteiger partial charge in [0, 0.05) is 18.5 Å². The molecular formula is C23H28N4O. The van der Waals surface area contributed by atoms with Gasteiger partial charge in [0.05, 0.1) is 18.2 Å². The second-order valence-electron chi connectivity index (χ2n) is 7.58. The molecule has 0 aliphatic carbocycles. The molecule has 1 unspecified atom stereocenters. The number of rotatable bonds is 6. The highest BCUT2D eigenvalue weighted by Gasteiger charge is 2.24. The fourth-order valence-corrected chi connectivity index (χ4v) is 3.86. The van der Waals surface area contributed by atoms with E-state index in [1.165, 1.54) is 11.1 Å². The number of hydrogen-bond donors (Lipinski definition) is 2. The SMILES string of the molecule is Cc1ccc(CCNc2nc(N3CCCCC3CO)nc3ccccc23)cc1. The molecule has 1 fully saturated rings. The maximum Gasteiger partial charge on any atom is 0.228 e. The van der Waals surface area contributed by atoms with Crippen molar-refractivity contribution in [3.05, 3.63) is 59.7 Å². The minimum absolute atomic E-state index is 0.107. The van der Waals surface area contributed by atoms with Crippen LogP contribution in [0.4, 0.5) is 11.8 Å². The Morgan fingerprint density at radius 1 is 1.07 bits per heavy atom. The van der Waals surface area contributed by atoms with Gasteiger partial charge in [-0.3, -0.25) is 0 Å². The lowest BCUT2D eigenvalue weighted by Crippen LogP contribution is -2.43. The van der Waals surface area contributed by atoms with Gasteiger partial charge in [-0.25, -0.2) is 4.98 Å². The molecule has 5 nitrogen and oxygen atoms in total. The third-order valence-electron chi connectivity index (χ3n) is 5.51. The largest absolute Gasteiger partial charge is 0.394 e. The smallest absolute Gasteiger partial charge is 0.228 e. The molecule has 0 saturated carbocycles. The number of nitrogens with zero attached hydrogens (tertiary/aromatic N) is 3. The van der Waals surface area contributed by atoms with Crippen LogP contribution in [0.25, 0.3) is 10.9 Å². The maximum atomic E-state index is 9.78. The zero-order valence-electron chi connectivity index (χ0n) is 16.4. The molecule has 2 heterocycles. The van der Waals surface area contributed by atoms with Crippen LogP contribution in [0.2, 0.25) is 0 Å². The minimum Gasteiger partial charge on any atom is -0.394 e. The fourth-order valence-electron chi connectivity index (χ4n) is 3.86. The molecule has 146 valence electrons. The number of aliphatic hydroxyl groups is 1. The molecule has 1 saturated heterocycles. The molecule has 2 N–H and O–H groups in total. The lowest BCUT2D eigenvalue weighted by atomic mass is 10.0. The molecule has 0 bridgehead atoms. The molecule has 1 aromatic heterocycles. The predicted octanol–water partition coefficient (Wildman–Crippen LogP) is 3.94. The summed E-state index contributed by atoms with van der Waals surface area (Å²) in [7, 11) is 0. The Labute approximate surface area is 166 Å². The molecular weight excluding hydrogens is 348 g/mol. The summed E-state index contributed by atoms with van der Waals surface area (Å²) >= 11 is 0. The van der Waals surface area contributed by atoms with Crippen molar-refractivity contribution in [2.75, 3.05) is 29.9 Å². The monoisotopic (exact) mass is 376 g/mol. The summed E-state index contributed by atoms with van der Waals surface area (Å²) in [5.74, 6) is 1.59. The summed E-state index contributed by atoms with van der Waals surface area (Å²) in [5.41, 5.74) is 3.53. The molecule has 1 aliphatic heterocycles. The number of aromatic nitrogens is 2. The van der Waals surface area contributed by atoms with Gasteiger partial charge >= 0.3 is 0 Å². The average molecular weight is 377 g/mol. The standard InChI is InChI=1S/C23H28N4O/c1-17-9-11-18(12-10-17)13-14-24-22-20-7-2-3-8-21(20)25-23(26-22)27-15-5-4-6-19(27)16-28/h2-3,7-12,19,28H,4-6,13-16H2,1H3,(H,24,25,26). The van der Waals surface area contributed by atoms with Gasteiger partial charge in [-0.1, -0.05) is 42.0 Å². The van der Waals surface area contributed by atoms with Gasteiger partial charge in [-0.2, -0.15) is 4.98 Å². The molecule has 1 atom stereocenters. The van der Waals surface area contributed by atoms with E-state index in [4.69, 9.17) is 9.97 Å². The Kier molecular flexibility index (Phi) is 5.72. The van der Waals surface area contributed by atoms with Gasteiger partial charge in [0.2, 0.25) is 5.95 Å². The highest BCUT2D eigenvalue weighted by Crippen LogP contribution is 2.27. The van der Waals surface area contributed by atoms with Crippen molar-refractivity contribution in [3.8, 4) is 0 Å². The van der Waals surface area contributed by atoms with E-state index < -0.39 is 0 Å². The number of benzene rings is 2. The third kappa shape index (κ3) is 4.09. The van der Waals surface area contributed by atoms with Crippen LogP contribution >= 0.6 is 0 Å². The molecule has 3 aromatic rings. The van der Waals surface area contributed by atoms with E-state index >= 15 is 0 Å². The molecule has 28 heavy (non-hydrogen) atoms. The van der Waals surface area contributed by atoms with Crippen LogP contribution in [-0.2, 0) is 6.42 Å². The number of aliphatic hydroxyl groups excluding tert-OH is 1. The Bertz CT molecular complexity index is 926. The van der Waals surface area contributed by atoms with Crippen molar-refractivity contribution in [1.29, 1.82) is 0 Å². The molecule has 4 rings (SSSR count). The Balaban J connectivity index is 1.58. The van der Waals surface area contributed by atoms with Crippen LogP contribution in [0.5, 0.6) is 0 Å². The Morgan fingerprint density at radius 3 is 2.71 bits per heavy atom. The maximum absolute atomic E-state index is 9.78. The van der Waals surface area contributed by atoms with Crippen LogP contribution in [0, 0.1) is 6.92 Å². The van der Waals surface area contributed by atoms with E-state index in [0.717, 1.165) is 61.4 Å². The third-order valence-corrected chi connectivity index (χ3v) is 5.51. The van der Waals surface area contributed by atoms with Crippen molar-refractivity contribution < 1.29 is 5.11 Å². The van der Waals surface area contributed by atoms with Crippen molar-refractivity contribution in [2.45, 2.75) is 38.6 Å². The number of fused-ring (bicyclic) bond motifs is 1. The van der Waals surface area contributed by atoms with Crippen molar-refractivity contribution in [3.63, 3.8) is 0 Å². The van der Waals surface area contributed by atoms with Gasteiger partial charge in [0.15, 0.2) is 0 Å². The minimum atomic E-state index is 0.107. The van der Waals surface area contributed by atoms with E-state index in [2.05, 4.69) is 47.5 Å². The topological polar surface area (TPSA) is 61.3 Å². The highest BCUT2D eigenvalue weighted by molar-refractivity contribution is 5.90. The molecule has 1 aliphatic rings. The Hall–Kier alpha value is -2.66. The summed E-state index contributed by atoms with van der Waals surface area (Å²) in [6.07, 6.45) is 4.19. The van der Waals surface area contributed by atoms with Crippen LogP contribution < -0.4 is 10.2 Å². The lowest BCUT2D eigenvalue weighted by Gasteiger charge is -2.34. The molecule has 0 radical (unpaired) electrons. The summed E-state index contributed by atoms with van der Waals surface area (Å²) in [5, 5.41) is 14.3. The number of hydrogen-bond acceptors (Lipinski definition) is 5.